The van der Waals surface area contributed by atoms with Gasteiger partial charge in [-0.2, -0.15) is 0 Å². The Morgan fingerprint density at radius 2 is 1.76 bits per heavy atom. The fourth-order valence-corrected chi connectivity index (χ4v) is 2.36. The Labute approximate surface area is 122 Å². The first-order chi connectivity index (χ1) is 10.1. The van der Waals surface area contributed by atoms with Crippen LogP contribution < -0.4 is 5.32 Å². The number of carbonyl (C=O) groups is 1. The van der Waals surface area contributed by atoms with Crippen molar-refractivity contribution in [2.75, 3.05) is 5.32 Å². The Balaban J connectivity index is 1.95. The van der Waals surface area contributed by atoms with E-state index in [2.05, 4.69) is 5.32 Å². The molecule has 21 heavy (non-hydrogen) atoms. The molecule has 3 nitrogen and oxygen atoms in total. The Kier molecular flexibility index (Phi) is 3.32. The summed E-state index contributed by atoms with van der Waals surface area (Å²) in [6.07, 6.45) is 0. The molecule has 0 radical (unpaired) electrons. The van der Waals surface area contributed by atoms with E-state index in [0.29, 0.717) is 11.3 Å². The van der Waals surface area contributed by atoms with Crippen molar-refractivity contribution >= 4 is 22.4 Å². The fraction of sp³-hybridized carbons (Fsp3) is 0.0556. The average molecular weight is 277 g/mol. The topological polar surface area (TPSA) is 49.3 Å². The number of carbonyl (C=O) groups excluding carboxylic acids is 1. The fourth-order valence-electron chi connectivity index (χ4n) is 2.36. The zero-order chi connectivity index (χ0) is 14.8. The number of phenols is 1. The molecule has 3 aromatic carbocycles. The van der Waals surface area contributed by atoms with Crippen molar-refractivity contribution in [3.8, 4) is 5.75 Å². The van der Waals surface area contributed by atoms with Crippen molar-refractivity contribution in [1.29, 1.82) is 0 Å². The summed E-state index contributed by atoms with van der Waals surface area (Å²) in [4.78, 5) is 12.5. The zero-order valence-corrected chi connectivity index (χ0v) is 11.6. The summed E-state index contributed by atoms with van der Waals surface area (Å²) in [7, 11) is 0. The van der Waals surface area contributed by atoms with E-state index in [0.717, 1.165) is 16.3 Å². The molecule has 3 rings (SSSR count). The third-order valence-electron chi connectivity index (χ3n) is 3.49. The summed E-state index contributed by atoms with van der Waals surface area (Å²) >= 11 is 0. The van der Waals surface area contributed by atoms with Crippen molar-refractivity contribution < 1.29 is 9.90 Å². The van der Waals surface area contributed by atoms with E-state index in [1.807, 2.05) is 42.5 Å². The van der Waals surface area contributed by atoms with Gasteiger partial charge in [0.05, 0.1) is 0 Å². The lowest BCUT2D eigenvalue weighted by atomic mass is 10.0. The van der Waals surface area contributed by atoms with Crippen LogP contribution in [0.4, 0.5) is 5.69 Å². The minimum atomic E-state index is -0.156. The van der Waals surface area contributed by atoms with Gasteiger partial charge in [-0.05, 0) is 47.5 Å². The van der Waals surface area contributed by atoms with Crippen LogP contribution in [-0.4, -0.2) is 11.0 Å². The van der Waals surface area contributed by atoms with Crippen LogP contribution in [0.1, 0.15) is 15.9 Å². The van der Waals surface area contributed by atoms with Crippen LogP contribution in [0.25, 0.3) is 10.8 Å². The van der Waals surface area contributed by atoms with Crippen LogP contribution in [0.15, 0.2) is 60.7 Å². The van der Waals surface area contributed by atoms with Crippen molar-refractivity contribution in [3.05, 3.63) is 71.8 Å². The number of fused-ring (bicyclic) bond motifs is 1. The number of nitrogens with one attached hydrogen (secondary N) is 1. The first-order valence-corrected chi connectivity index (χ1v) is 6.74. The second-order valence-corrected chi connectivity index (χ2v) is 4.98. The lowest BCUT2D eigenvalue weighted by Gasteiger charge is -2.09. The highest BCUT2D eigenvalue weighted by molar-refractivity contribution is 6.12. The van der Waals surface area contributed by atoms with Crippen molar-refractivity contribution in [2.45, 2.75) is 6.92 Å². The van der Waals surface area contributed by atoms with E-state index < -0.39 is 0 Å². The van der Waals surface area contributed by atoms with Crippen LogP contribution in [0, 0.1) is 6.92 Å². The molecule has 0 aromatic heterocycles. The molecule has 2 N–H and O–H groups in total. The molecule has 1 amide bonds. The lowest BCUT2D eigenvalue weighted by molar-refractivity contribution is 0.102. The molecule has 104 valence electrons. The van der Waals surface area contributed by atoms with Crippen LogP contribution in [0.2, 0.25) is 0 Å². The number of anilines is 1. The monoisotopic (exact) mass is 277 g/mol. The van der Waals surface area contributed by atoms with Gasteiger partial charge >= 0.3 is 0 Å². The number of hydrogen-bond acceptors (Lipinski definition) is 2. The van der Waals surface area contributed by atoms with Gasteiger partial charge in [0.1, 0.15) is 5.75 Å². The Bertz CT molecular complexity index is 819. The van der Waals surface area contributed by atoms with Gasteiger partial charge < -0.3 is 10.4 Å². The summed E-state index contributed by atoms with van der Waals surface area (Å²) in [5.74, 6) is 0.0649. The van der Waals surface area contributed by atoms with Crippen molar-refractivity contribution in [3.63, 3.8) is 0 Å². The molecule has 0 fully saturated rings. The molecule has 0 aliphatic carbocycles. The maximum atomic E-state index is 12.5. The van der Waals surface area contributed by atoms with E-state index in [1.54, 1.807) is 25.1 Å². The molecule has 0 aliphatic rings. The van der Waals surface area contributed by atoms with Gasteiger partial charge in [-0.1, -0.05) is 36.4 Å². The molecular weight excluding hydrogens is 262 g/mol. The van der Waals surface area contributed by atoms with E-state index in [9.17, 15) is 9.90 Å². The third-order valence-corrected chi connectivity index (χ3v) is 3.49. The van der Waals surface area contributed by atoms with Crippen LogP contribution >= 0.6 is 0 Å². The van der Waals surface area contributed by atoms with E-state index in [4.69, 9.17) is 0 Å². The van der Waals surface area contributed by atoms with E-state index in [-0.39, 0.29) is 11.7 Å². The largest absolute Gasteiger partial charge is 0.508 e. The Morgan fingerprint density at radius 3 is 2.57 bits per heavy atom. The number of aromatic hydroxyl groups is 1. The molecule has 3 heteroatoms. The van der Waals surface area contributed by atoms with Crippen molar-refractivity contribution in [1.82, 2.24) is 0 Å². The maximum Gasteiger partial charge on any atom is 0.256 e. The van der Waals surface area contributed by atoms with E-state index in [1.165, 1.54) is 0 Å². The Hall–Kier alpha value is -2.81. The number of aryl methyl sites for hydroxylation is 1. The first kappa shape index (κ1) is 13.2. The number of phenolic OH excluding ortho intramolecular Hbond substituents is 1. The molecule has 0 atom stereocenters. The van der Waals surface area contributed by atoms with Gasteiger partial charge in [0.2, 0.25) is 0 Å². The van der Waals surface area contributed by atoms with Gasteiger partial charge in [0, 0.05) is 11.3 Å². The molecule has 0 unspecified atom stereocenters. The summed E-state index contributed by atoms with van der Waals surface area (Å²) in [5, 5.41) is 14.4. The zero-order valence-electron chi connectivity index (χ0n) is 11.6. The van der Waals surface area contributed by atoms with Gasteiger partial charge in [-0.3, -0.25) is 4.79 Å². The van der Waals surface area contributed by atoms with E-state index >= 15 is 0 Å². The highest BCUT2D eigenvalue weighted by atomic mass is 16.3. The summed E-state index contributed by atoms with van der Waals surface area (Å²) in [5.41, 5.74) is 2.03. The molecule has 0 saturated carbocycles. The van der Waals surface area contributed by atoms with Gasteiger partial charge in [0.15, 0.2) is 0 Å². The number of hydrogen-bond donors (Lipinski definition) is 2. The van der Waals surface area contributed by atoms with Crippen molar-refractivity contribution in [2.24, 2.45) is 0 Å². The van der Waals surface area contributed by atoms with Crippen LogP contribution in [-0.2, 0) is 0 Å². The average Bonchev–Trinajstić information content (AvgIpc) is 2.50. The number of amides is 1. The third kappa shape index (κ3) is 2.58. The summed E-state index contributed by atoms with van der Waals surface area (Å²) in [6, 6.07) is 18.5. The normalized spacial score (nSPS) is 10.5. The lowest BCUT2D eigenvalue weighted by Crippen LogP contribution is -2.12. The predicted molar refractivity (Wildman–Crippen MR) is 84.7 cm³/mol. The Morgan fingerprint density at radius 1 is 1.00 bits per heavy atom. The standard InChI is InChI=1S/C18H15NO2/c1-12-11-14(9-10-17(12)20)19-18(21)16-8-4-6-13-5-2-3-7-15(13)16/h2-11,20H,1H3,(H,19,21). The smallest absolute Gasteiger partial charge is 0.256 e. The first-order valence-electron chi connectivity index (χ1n) is 6.74. The maximum absolute atomic E-state index is 12.5. The molecule has 0 aliphatic heterocycles. The minimum absolute atomic E-state index is 0.156. The molecular formula is C18H15NO2. The molecule has 0 spiro atoms. The highest BCUT2D eigenvalue weighted by Crippen LogP contribution is 2.23. The highest BCUT2D eigenvalue weighted by Gasteiger charge is 2.10. The van der Waals surface area contributed by atoms with Gasteiger partial charge in [-0.25, -0.2) is 0 Å². The van der Waals surface area contributed by atoms with Crippen LogP contribution in [0.5, 0.6) is 5.75 Å². The van der Waals surface area contributed by atoms with Gasteiger partial charge in [-0.15, -0.1) is 0 Å². The minimum Gasteiger partial charge on any atom is -0.508 e. The quantitative estimate of drug-likeness (QED) is 0.693. The summed E-state index contributed by atoms with van der Waals surface area (Å²) < 4.78 is 0. The van der Waals surface area contributed by atoms with Gasteiger partial charge in [0.25, 0.3) is 5.91 Å². The molecule has 0 bridgehead atoms. The second kappa shape index (κ2) is 5.29. The molecule has 0 heterocycles. The number of benzene rings is 3. The molecule has 0 saturated heterocycles. The number of rotatable bonds is 2. The predicted octanol–water partition coefficient (Wildman–Crippen LogP) is 4.11. The second-order valence-electron chi connectivity index (χ2n) is 4.98. The summed E-state index contributed by atoms with van der Waals surface area (Å²) in [6.45, 7) is 1.79. The SMILES string of the molecule is Cc1cc(NC(=O)c2cccc3ccccc23)ccc1O. The van der Waals surface area contributed by atoms with Crippen LogP contribution in [0.3, 0.4) is 0 Å². The molecule has 3 aromatic rings.